The summed E-state index contributed by atoms with van der Waals surface area (Å²) in [7, 11) is 0. The summed E-state index contributed by atoms with van der Waals surface area (Å²) in [6.45, 7) is 2.24. The molecule has 4 aliphatic rings. The average Bonchev–Trinajstić information content (AvgIpc) is 2.38. The van der Waals surface area contributed by atoms with Gasteiger partial charge < -0.3 is 5.32 Å². The Morgan fingerprint density at radius 3 is 2.16 bits per heavy atom. The van der Waals surface area contributed by atoms with E-state index in [1.54, 1.807) is 19.3 Å². The molecule has 0 radical (unpaired) electrons. The zero-order valence-corrected chi connectivity index (χ0v) is 11.6. The lowest BCUT2D eigenvalue weighted by molar-refractivity contribution is -0.0514. The lowest BCUT2D eigenvalue weighted by Crippen LogP contribution is -2.50. The third-order valence-electron chi connectivity index (χ3n) is 5.74. The van der Waals surface area contributed by atoms with Gasteiger partial charge in [0.05, 0.1) is 0 Å². The Kier molecular flexibility index (Phi) is 2.87. The zero-order valence-electron chi connectivity index (χ0n) is 11.6. The number of nitrogens with zero attached hydrogens (tertiary/aromatic N) is 1. The molecule has 1 aromatic rings. The van der Waals surface area contributed by atoms with Crippen molar-refractivity contribution in [3.05, 3.63) is 30.1 Å². The van der Waals surface area contributed by atoms with Crippen molar-refractivity contribution in [1.82, 2.24) is 10.3 Å². The van der Waals surface area contributed by atoms with Gasteiger partial charge in [0, 0.05) is 25.5 Å². The van der Waals surface area contributed by atoms with Gasteiger partial charge in [-0.3, -0.25) is 4.98 Å². The van der Waals surface area contributed by atoms with E-state index >= 15 is 0 Å². The van der Waals surface area contributed by atoms with Gasteiger partial charge in [-0.1, -0.05) is 0 Å². The molecule has 0 unspecified atom stereocenters. The molecule has 0 spiro atoms. The monoisotopic (exact) mass is 256 g/mol. The Labute approximate surface area is 116 Å². The third kappa shape index (κ3) is 2.31. The number of hydrogen-bond acceptors (Lipinski definition) is 2. The van der Waals surface area contributed by atoms with Crippen LogP contribution in [0, 0.1) is 23.2 Å². The molecule has 0 aromatic carbocycles. The van der Waals surface area contributed by atoms with Gasteiger partial charge in [0.1, 0.15) is 0 Å². The van der Waals surface area contributed by atoms with Crippen molar-refractivity contribution in [3.63, 3.8) is 0 Å². The first-order valence-corrected chi connectivity index (χ1v) is 7.91. The minimum atomic E-state index is 0.655. The normalized spacial score (nSPS) is 39.7. The average molecular weight is 256 g/mol. The van der Waals surface area contributed by atoms with E-state index in [0.717, 1.165) is 24.3 Å². The van der Waals surface area contributed by atoms with E-state index in [0.29, 0.717) is 5.41 Å². The van der Waals surface area contributed by atoms with Gasteiger partial charge in [-0.15, -0.1) is 0 Å². The number of nitrogens with one attached hydrogen (secondary N) is 1. The van der Waals surface area contributed by atoms with E-state index < -0.39 is 0 Å². The summed E-state index contributed by atoms with van der Waals surface area (Å²) in [5, 5.41) is 3.73. The van der Waals surface area contributed by atoms with Crippen LogP contribution in [0.5, 0.6) is 0 Å². The second-order valence-corrected chi connectivity index (χ2v) is 7.38. The van der Waals surface area contributed by atoms with Crippen LogP contribution in [0.1, 0.15) is 44.1 Å². The molecule has 0 atom stereocenters. The smallest absolute Gasteiger partial charge is 0.0271 e. The highest BCUT2D eigenvalue weighted by molar-refractivity contribution is 5.09. The summed E-state index contributed by atoms with van der Waals surface area (Å²) >= 11 is 0. The van der Waals surface area contributed by atoms with E-state index in [2.05, 4.69) is 22.4 Å². The predicted molar refractivity (Wildman–Crippen MR) is 76.5 cm³/mol. The van der Waals surface area contributed by atoms with Crippen molar-refractivity contribution in [3.8, 4) is 0 Å². The minimum absolute atomic E-state index is 0.655. The SMILES string of the molecule is c1cc(CNCC23CC4CC(CC(C4)C2)C3)ccn1. The second-order valence-electron chi connectivity index (χ2n) is 7.38. The Morgan fingerprint density at radius 2 is 1.58 bits per heavy atom. The Hall–Kier alpha value is -0.890. The maximum Gasteiger partial charge on any atom is 0.0271 e. The number of hydrogen-bond donors (Lipinski definition) is 1. The zero-order chi connectivity index (χ0) is 12.7. The molecule has 4 saturated carbocycles. The van der Waals surface area contributed by atoms with Crippen molar-refractivity contribution in [2.75, 3.05) is 6.54 Å². The second kappa shape index (κ2) is 4.59. The molecule has 1 N–H and O–H groups in total. The van der Waals surface area contributed by atoms with E-state index in [9.17, 15) is 0 Å². The fourth-order valence-electron chi connectivity index (χ4n) is 5.48. The van der Waals surface area contributed by atoms with Crippen molar-refractivity contribution in [2.45, 2.75) is 45.1 Å². The topological polar surface area (TPSA) is 24.9 Å². The molecule has 4 fully saturated rings. The summed E-state index contributed by atoms with van der Waals surface area (Å²) in [4.78, 5) is 4.08. The first-order valence-electron chi connectivity index (χ1n) is 7.91. The molecule has 5 rings (SSSR count). The summed E-state index contributed by atoms with van der Waals surface area (Å²) in [6, 6.07) is 4.24. The van der Waals surface area contributed by atoms with Crippen molar-refractivity contribution in [1.29, 1.82) is 0 Å². The fourth-order valence-corrected chi connectivity index (χ4v) is 5.48. The van der Waals surface area contributed by atoms with Gasteiger partial charge in [-0.2, -0.15) is 0 Å². The van der Waals surface area contributed by atoms with Gasteiger partial charge >= 0.3 is 0 Å². The van der Waals surface area contributed by atoms with Gasteiger partial charge in [0.2, 0.25) is 0 Å². The van der Waals surface area contributed by atoms with Crippen molar-refractivity contribution in [2.24, 2.45) is 23.2 Å². The maximum absolute atomic E-state index is 4.08. The summed E-state index contributed by atoms with van der Waals surface area (Å²) < 4.78 is 0. The molecule has 2 nitrogen and oxygen atoms in total. The molecule has 4 bridgehead atoms. The van der Waals surface area contributed by atoms with Crippen LogP contribution in [-0.4, -0.2) is 11.5 Å². The van der Waals surface area contributed by atoms with Gasteiger partial charge in [-0.05, 0) is 79.4 Å². The molecule has 0 saturated heterocycles. The first-order chi connectivity index (χ1) is 9.31. The highest BCUT2D eigenvalue weighted by atomic mass is 14.9. The number of aromatic nitrogens is 1. The first kappa shape index (κ1) is 11.9. The van der Waals surface area contributed by atoms with Crippen LogP contribution in [-0.2, 0) is 6.54 Å². The molecule has 1 aromatic heterocycles. The largest absolute Gasteiger partial charge is 0.312 e. The quantitative estimate of drug-likeness (QED) is 0.893. The van der Waals surface area contributed by atoms with E-state index in [1.165, 1.54) is 31.4 Å². The van der Waals surface area contributed by atoms with E-state index in [4.69, 9.17) is 0 Å². The highest BCUT2D eigenvalue weighted by Crippen LogP contribution is 2.59. The molecule has 2 heteroatoms. The van der Waals surface area contributed by atoms with Crippen LogP contribution >= 0.6 is 0 Å². The third-order valence-corrected chi connectivity index (χ3v) is 5.74. The minimum Gasteiger partial charge on any atom is -0.312 e. The molecular formula is C17H24N2. The van der Waals surface area contributed by atoms with Crippen LogP contribution in [0.2, 0.25) is 0 Å². The summed E-state index contributed by atoms with van der Waals surface area (Å²) in [5.41, 5.74) is 2.02. The van der Waals surface area contributed by atoms with E-state index in [1.807, 2.05) is 12.4 Å². The fraction of sp³-hybridized carbons (Fsp3) is 0.706. The van der Waals surface area contributed by atoms with Crippen molar-refractivity contribution >= 4 is 0 Å². The summed E-state index contributed by atoms with van der Waals surface area (Å²) in [6.07, 6.45) is 12.9. The van der Waals surface area contributed by atoms with Gasteiger partial charge in [0.15, 0.2) is 0 Å². The summed E-state index contributed by atoms with van der Waals surface area (Å²) in [5.74, 6) is 3.19. The van der Waals surface area contributed by atoms with Crippen molar-refractivity contribution < 1.29 is 0 Å². The van der Waals surface area contributed by atoms with Crippen LogP contribution in [0.3, 0.4) is 0 Å². The number of pyridine rings is 1. The molecular weight excluding hydrogens is 232 g/mol. The van der Waals surface area contributed by atoms with Crippen LogP contribution in [0.4, 0.5) is 0 Å². The predicted octanol–water partition coefficient (Wildman–Crippen LogP) is 3.39. The van der Waals surface area contributed by atoms with E-state index in [-0.39, 0.29) is 0 Å². The molecule has 19 heavy (non-hydrogen) atoms. The Morgan fingerprint density at radius 1 is 1.00 bits per heavy atom. The standard InChI is InChI=1S/C17H24N2/c1-3-18-4-2-13(1)11-19-12-17-8-14-5-15(9-17)7-16(6-14)10-17/h1-4,14-16,19H,5-12H2. The Bertz CT molecular complexity index is 405. The highest BCUT2D eigenvalue weighted by Gasteiger charge is 2.50. The van der Waals surface area contributed by atoms with Gasteiger partial charge in [-0.25, -0.2) is 0 Å². The van der Waals surface area contributed by atoms with Crippen LogP contribution in [0.25, 0.3) is 0 Å². The Balaban J connectivity index is 1.38. The number of rotatable bonds is 4. The molecule has 0 aliphatic heterocycles. The molecule has 0 amide bonds. The van der Waals surface area contributed by atoms with Crippen LogP contribution in [0.15, 0.2) is 24.5 Å². The lowest BCUT2D eigenvalue weighted by atomic mass is 9.49. The molecule has 4 aliphatic carbocycles. The molecule has 102 valence electrons. The van der Waals surface area contributed by atoms with Crippen LogP contribution < -0.4 is 5.32 Å². The maximum atomic E-state index is 4.08. The lowest BCUT2D eigenvalue weighted by Gasteiger charge is -2.57. The molecule has 1 heterocycles. The van der Waals surface area contributed by atoms with Gasteiger partial charge in [0.25, 0.3) is 0 Å².